The second-order valence-electron chi connectivity index (χ2n) is 2.77. The van der Waals surface area contributed by atoms with Crippen molar-refractivity contribution in [1.29, 1.82) is 0 Å². The Labute approximate surface area is 80.4 Å². The summed E-state index contributed by atoms with van der Waals surface area (Å²) in [7, 11) is 0. The molecule has 0 unspecified atom stereocenters. The third-order valence-electron chi connectivity index (χ3n) is 1.85. The number of nitro benzene ring substituents is 1. The summed E-state index contributed by atoms with van der Waals surface area (Å²) in [6.07, 6.45) is 0. The molecule has 0 saturated carbocycles. The molecule has 1 rings (SSSR count). The molecule has 0 spiro atoms. The van der Waals surface area contributed by atoms with Crippen LogP contribution in [0.25, 0.3) is 0 Å². The van der Waals surface area contributed by atoms with Crippen molar-refractivity contribution in [2.75, 3.05) is 0 Å². The molecule has 0 amide bonds. The molecule has 1 aromatic carbocycles. The van der Waals surface area contributed by atoms with Crippen LogP contribution in [-0.2, 0) is 0 Å². The van der Waals surface area contributed by atoms with Gasteiger partial charge >= 0.3 is 0 Å². The zero-order valence-corrected chi connectivity index (χ0v) is 7.60. The highest BCUT2D eigenvalue weighted by atomic mass is 16.6. The largest absolute Gasteiger partial charge is 0.382 e. The van der Waals surface area contributed by atoms with E-state index in [9.17, 15) is 10.1 Å². The Morgan fingerprint density at radius 3 is 2.71 bits per heavy atom. The van der Waals surface area contributed by atoms with Gasteiger partial charge < -0.3 is 11.6 Å². The van der Waals surface area contributed by atoms with Crippen LogP contribution in [0.15, 0.2) is 23.3 Å². The summed E-state index contributed by atoms with van der Waals surface area (Å²) in [5.41, 5.74) is 6.72. The van der Waals surface area contributed by atoms with Crippen LogP contribution in [0.5, 0.6) is 0 Å². The van der Waals surface area contributed by atoms with E-state index in [4.69, 9.17) is 11.6 Å². The molecule has 0 heterocycles. The summed E-state index contributed by atoms with van der Waals surface area (Å²) in [6, 6.07) is 4.36. The Kier molecular flexibility index (Phi) is 2.66. The molecular formula is C8H10N4O2. The molecule has 0 fully saturated rings. The summed E-state index contributed by atoms with van der Waals surface area (Å²) < 4.78 is 0. The molecule has 74 valence electrons. The van der Waals surface area contributed by atoms with Crippen LogP contribution in [0.3, 0.4) is 0 Å². The molecule has 0 aliphatic carbocycles. The van der Waals surface area contributed by atoms with E-state index in [2.05, 4.69) is 5.10 Å². The van der Waals surface area contributed by atoms with Crippen molar-refractivity contribution in [3.63, 3.8) is 0 Å². The number of non-ortho nitro benzene ring substituents is 1. The van der Waals surface area contributed by atoms with Gasteiger partial charge in [0, 0.05) is 17.7 Å². The predicted molar refractivity (Wildman–Crippen MR) is 52.7 cm³/mol. The predicted octanol–water partition coefficient (Wildman–Crippen LogP) is 0.482. The van der Waals surface area contributed by atoms with E-state index in [0.717, 1.165) is 5.56 Å². The van der Waals surface area contributed by atoms with Gasteiger partial charge in [-0.3, -0.25) is 10.1 Å². The number of aryl methyl sites for hydroxylation is 1. The third kappa shape index (κ3) is 1.79. The fourth-order valence-corrected chi connectivity index (χ4v) is 1.07. The van der Waals surface area contributed by atoms with E-state index < -0.39 is 4.92 Å². The van der Waals surface area contributed by atoms with Crippen LogP contribution in [0.1, 0.15) is 11.1 Å². The summed E-state index contributed by atoms with van der Waals surface area (Å²) in [6.45, 7) is 1.77. The fourth-order valence-electron chi connectivity index (χ4n) is 1.07. The number of nitrogens with zero attached hydrogens (tertiary/aromatic N) is 2. The molecule has 14 heavy (non-hydrogen) atoms. The number of hydrazone groups is 1. The minimum absolute atomic E-state index is 0.0304. The van der Waals surface area contributed by atoms with E-state index in [0.29, 0.717) is 5.56 Å². The van der Waals surface area contributed by atoms with Crippen LogP contribution in [0, 0.1) is 17.0 Å². The molecule has 0 aliphatic heterocycles. The van der Waals surface area contributed by atoms with Crippen molar-refractivity contribution in [3.05, 3.63) is 39.4 Å². The minimum atomic E-state index is -0.493. The van der Waals surface area contributed by atoms with Crippen LogP contribution >= 0.6 is 0 Å². The number of nitro groups is 1. The highest BCUT2D eigenvalue weighted by molar-refractivity contribution is 5.99. The number of amidine groups is 1. The quantitative estimate of drug-likeness (QED) is 0.235. The molecule has 0 saturated heterocycles. The average Bonchev–Trinajstić information content (AvgIpc) is 2.17. The first kappa shape index (κ1) is 9.97. The second-order valence-corrected chi connectivity index (χ2v) is 2.77. The van der Waals surface area contributed by atoms with Crippen molar-refractivity contribution in [2.24, 2.45) is 16.7 Å². The Morgan fingerprint density at radius 1 is 1.57 bits per heavy atom. The summed E-state index contributed by atoms with van der Waals surface area (Å²) in [4.78, 5) is 9.98. The first-order valence-electron chi connectivity index (χ1n) is 3.85. The zero-order valence-electron chi connectivity index (χ0n) is 7.60. The van der Waals surface area contributed by atoms with E-state index in [-0.39, 0.29) is 11.5 Å². The monoisotopic (exact) mass is 194 g/mol. The molecule has 0 aliphatic rings. The van der Waals surface area contributed by atoms with Crippen LogP contribution in [0.4, 0.5) is 5.69 Å². The Hall–Kier alpha value is -2.11. The smallest absolute Gasteiger partial charge is 0.270 e. The lowest BCUT2D eigenvalue weighted by atomic mass is 10.1. The molecule has 0 bridgehead atoms. The molecule has 0 radical (unpaired) electrons. The van der Waals surface area contributed by atoms with Crippen LogP contribution < -0.4 is 11.6 Å². The van der Waals surface area contributed by atoms with Crippen molar-refractivity contribution < 1.29 is 4.92 Å². The van der Waals surface area contributed by atoms with E-state index in [1.165, 1.54) is 12.1 Å². The van der Waals surface area contributed by atoms with Gasteiger partial charge in [0.25, 0.3) is 5.69 Å². The molecular weight excluding hydrogens is 184 g/mol. The third-order valence-corrected chi connectivity index (χ3v) is 1.85. The van der Waals surface area contributed by atoms with Gasteiger partial charge in [0.05, 0.1) is 4.92 Å². The van der Waals surface area contributed by atoms with E-state index >= 15 is 0 Å². The number of benzene rings is 1. The maximum atomic E-state index is 10.5. The van der Waals surface area contributed by atoms with Gasteiger partial charge in [-0.2, -0.15) is 5.10 Å². The van der Waals surface area contributed by atoms with E-state index in [1.807, 2.05) is 0 Å². The molecule has 0 atom stereocenters. The second kappa shape index (κ2) is 3.73. The average molecular weight is 194 g/mol. The first-order valence-corrected chi connectivity index (χ1v) is 3.85. The maximum Gasteiger partial charge on any atom is 0.270 e. The number of hydrogen-bond donors (Lipinski definition) is 2. The summed E-state index contributed by atoms with van der Waals surface area (Å²) >= 11 is 0. The molecule has 1 aromatic rings. The Bertz CT molecular complexity index is 400. The topological polar surface area (TPSA) is 108 Å². The number of nitrogens with two attached hydrogens (primary N) is 2. The van der Waals surface area contributed by atoms with Crippen molar-refractivity contribution >= 4 is 11.5 Å². The summed E-state index contributed by atoms with van der Waals surface area (Å²) in [5.74, 6) is 5.08. The highest BCUT2D eigenvalue weighted by Gasteiger charge is 2.10. The molecule has 6 heteroatoms. The highest BCUT2D eigenvalue weighted by Crippen LogP contribution is 2.16. The van der Waals surface area contributed by atoms with Crippen LogP contribution in [0.2, 0.25) is 0 Å². The normalized spacial score (nSPS) is 11.4. The zero-order chi connectivity index (χ0) is 10.7. The van der Waals surface area contributed by atoms with Gasteiger partial charge in [0.2, 0.25) is 0 Å². The molecule has 4 N–H and O–H groups in total. The lowest BCUT2D eigenvalue weighted by Crippen LogP contribution is -2.17. The van der Waals surface area contributed by atoms with Gasteiger partial charge in [-0.25, -0.2) is 0 Å². The minimum Gasteiger partial charge on any atom is -0.382 e. The van der Waals surface area contributed by atoms with Crippen molar-refractivity contribution in [2.45, 2.75) is 6.92 Å². The molecule has 6 nitrogen and oxygen atoms in total. The number of hydrogen-bond acceptors (Lipinski definition) is 4. The van der Waals surface area contributed by atoms with Gasteiger partial charge in [0.1, 0.15) is 0 Å². The maximum absolute atomic E-state index is 10.5. The first-order chi connectivity index (χ1) is 6.56. The van der Waals surface area contributed by atoms with Gasteiger partial charge in [0.15, 0.2) is 5.84 Å². The van der Waals surface area contributed by atoms with Crippen molar-refractivity contribution in [3.8, 4) is 0 Å². The van der Waals surface area contributed by atoms with Gasteiger partial charge in [-0.1, -0.05) is 6.07 Å². The SMILES string of the molecule is Cc1ccc([N+](=O)[O-])cc1/C(N)=N/N. The fraction of sp³-hybridized carbons (Fsp3) is 0.125. The lowest BCUT2D eigenvalue weighted by molar-refractivity contribution is -0.384. The van der Waals surface area contributed by atoms with Gasteiger partial charge in [-0.15, -0.1) is 0 Å². The lowest BCUT2D eigenvalue weighted by Gasteiger charge is -2.03. The van der Waals surface area contributed by atoms with E-state index in [1.54, 1.807) is 13.0 Å². The van der Waals surface area contributed by atoms with Crippen molar-refractivity contribution in [1.82, 2.24) is 0 Å². The Balaban J connectivity index is 3.28. The summed E-state index contributed by atoms with van der Waals surface area (Å²) in [5, 5.41) is 13.8. The standard InChI is InChI=1S/C8H10N4O2/c1-5-2-3-6(12(13)14)4-7(5)8(9)11-10/h2-4H,10H2,1H3,(H2,9,11). The Morgan fingerprint density at radius 2 is 2.21 bits per heavy atom. The number of rotatable bonds is 2. The van der Waals surface area contributed by atoms with Gasteiger partial charge in [-0.05, 0) is 12.5 Å². The van der Waals surface area contributed by atoms with Crippen LogP contribution in [-0.4, -0.2) is 10.8 Å². The molecule has 0 aromatic heterocycles.